The molecule has 0 spiro atoms. The fraction of sp³-hybridized carbons (Fsp3) is 0.158. The molecule has 0 unspecified atom stereocenters. The Labute approximate surface area is 135 Å². The lowest BCUT2D eigenvalue weighted by Gasteiger charge is -2.03. The third kappa shape index (κ3) is 3.31. The second-order valence-corrected chi connectivity index (χ2v) is 5.16. The fourth-order valence-electron chi connectivity index (χ4n) is 2.36. The van der Waals surface area contributed by atoms with E-state index in [1.165, 1.54) is 0 Å². The van der Waals surface area contributed by atoms with Crippen LogP contribution in [0.3, 0.4) is 0 Å². The van der Waals surface area contributed by atoms with Crippen LogP contribution in [0.2, 0.25) is 0 Å². The Morgan fingerprint density at radius 1 is 1.17 bits per heavy atom. The van der Waals surface area contributed by atoms with Crippen molar-refractivity contribution in [2.24, 2.45) is 4.99 Å². The van der Waals surface area contributed by atoms with E-state index in [0.717, 1.165) is 22.4 Å². The molecule has 0 aromatic heterocycles. The number of aryl methyl sites for hydroxylation is 1. The summed E-state index contributed by atoms with van der Waals surface area (Å²) >= 11 is 0. The zero-order valence-electron chi connectivity index (χ0n) is 13.1. The highest BCUT2D eigenvalue weighted by molar-refractivity contribution is 6.13. The van der Waals surface area contributed by atoms with Crippen LogP contribution in [0.15, 0.2) is 59.2 Å². The van der Waals surface area contributed by atoms with Crippen LogP contribution in [0.1, 0.15) is 23.6 Å². The highest BCUT2D eigenvalue weighted by Crippen LogP contribution is 2.22. The molecule has 0 amide bonds. The molecule has 4 heteroatoms. The molecule has 0 bridgehead atoms. The van der Waals surface area contributed by atoms with E-state index in [1.807, 2.05) is 62.4 Å². The summed E-state index contributed by atoms with van der Waals surface area (Å²) in [5.41, 5.74) is 2.97. The molecule has 0 radical (unpaired) electrons. The molecule has 0 N–H and O–H groups in total. The predicted molar refractivity (Wildman–Crippen MR) is 89.4 cm³/mol. The van der Waals surface area contributed by atoms with Crippen LogP contribution in [-0.4, -0.2) is 18.5 Å². The number of aliphatic imine (C=N–C) groups is 1. The van der Waals surface area contributed by atoms with E-state index in [0.29, 0.717) is 12.5 Å². The first-order valence-corrected chi connectivity index (χ1v) is 7.49. The van der Waals surface area contributed by atoms with Crippen molar-refractivity contribution in [1.29, 1.82) is 0 Å². The lowest BCUT2D eigenvalue weighted by atomic mass is 10.1. The smallest absolute Gasteiger partial charge is 0.363 e. The lowest BCUT2D eigenvalue weighted by molar-refractivity contribution is -0.129. The van der Waals surface area contributed by atoms with Gasteiger partial charge in [-0.3, -0.25) is 0 Å². The Hall–Kier alpha value is -2.88. The van der Waals surface area contributed by atoms with Crippen molar-refractivity contribution in [2.45, 2.75) is 13.8 Å². The van der Waals surface area contributed by atoms with E-state index in [1.54, 1.807) is 6.08 Å². The average Bonchev–Trinajstić information content (AvgIpc) is 2.89. The van der Waals surface area contributed by atoms with Crippen molar-refractivity contribution >= 4 is 17.9 Å². The van der Waals surface area contributed by atoms with Crippen LogP contribution < -0.4 is 4.74 Å². The molecule has 1 heterocycles. The van der Waals surface area contributed by atoms with E-state index in [-0.39, 0.29) is 5.70 Å². The first-order valence-electron chi connectivity index (χ1n) is 7.49. The van der Waals surface area contributed by atoms with Crippen LogP contribution >= 0.6 is 0 Å². The number of hydrogen-bond acceptors (Lipinski definition) is 4. The summed E-state index contributed by atoms with van der Waals surface area (Å²) in [5.74, 6) is 0.668. The number of hydrogen-bond donors (Lipinski definition) is 0. The van der Waals surface area contributed by atoms with Gasteiger partial charge in [-0.2, -0.15) is 0 Å². The van der Waals surface area contributed by atoms with E-state index < -0.39 is 5.97 Å². The zero-order valence-corrected chi connectivity index (χ0v) is 13.1. The first-order chi connectivity index (χ1) is 11.2. The van der Waals surface area contributed by atoms with Crippen molar-refractivity contribution in [1.82, 2.24) is 0 Å². The molecule has 4 nitrogen and oxygen atoms in total. The lowest BCUT2D eigenvalue weighted by Crippen LogP contribution is -2.06. The molecule has 0 fully saturated rings. The van der Waals surface area contributed by atoms with Crippen molar-refractivity contribution in [2.75, 3.05) is 6.61 Å². The number of esters is 1. The van der Waals surface area contributed by atoms with Crippen LogP contribution in [-0.2, 0) is 9.53 Å². The van der Waals surface area contributed by atoms with Crippen LogP contribution in [0, 0.1) is 6.92 Å². The van der Waals surface area contributed by atoms with Gasteiger partial charge in [-0.05, 0) is 49.2 Å². The van der Waals surface area contributed by atoms with Gasteiger partial charge in [0.25, 0.3) is 0 Å². The van der Waals surface area contributed by atoms with Gasteiger partial charge in [-0.15, -0.1) is 0 Å². The molecule has 23 heavy (non-hydrogen) atoms. The molecular weight excluding hydrogens is 290 g/mol. The van der Waals surface area contributed by atoms with Gasteiger partial charge in [0.2, 0.25) is 5.90 Å². The van der Waals surface area contributed by atoms with Gasteiger partial charge in [-0.25, -0.2) is 9.79 Å². The zero-order chi connectivity index (χ0) is 16.2. The molecule has 0 aliphatic carbocycles. The largest absolute Gasteiger partial charge is 0.494 e. The summed E-state index contributed by atoms with van der Waals surface area (Å²) in [6, 6.07) is 15.2. The minimum Gasteiger partial charge on any atom is -0.494 e. The normalized spacial score (nSPS) is 15.5. The summed E-state index contributed by atoms with van der Waals surface area (Å²) in [4.78, 5) is 16.4. The van der Waals surface area contributed by atoms with E-state index >= 15 is 0 Å². The molecule has 0 saturated heterocycles. The topological polar surface area (TPSA) is 47.9 Å². The predicted octanol–water partition coefficient (Wildman–Crippen LogP) is 3.74. The highest BCUT2D eigenvalue weighted by Gasteiger charge is 2.24. The quantitative estimate of drug-likeness (QED) is 0.638. The summed E-state index contributed by atoms with van der Waals surface area (Å²) in [7, 11) is 0. The second-order valence-electron chi connectivity index (χ2n) is 5.16. The maximum atomic E-state index is 12.0. The fourth-order valence-corrected chi connectivity index (χ4v) is 2.36. The second kappa shape index (κ2) is 6.48. The number of carbonyl (C=O) groups excluding carboxylic acids is 1. The molecular formula is C19H17NO3. The maximum absolute atomic E-state index is 12.0. The first kappa shape index (κ1) is 15.0. The van der Waals surface area contributed by atoms with E-state index in [9.17, 15) is 4.79 Å². The number of ether oxygens (including phenoxy) is 2. The molecule has 1 aliphatic rings. The SMILES string of the molecule is CCOc1cccc(/C=C2\N=C(c3ccccc3C)OC2=O)c1. The monoisotopic (exact) mass is 307 g/mol. The number of benzene rings is 2. The molecule has 2 aromatic rings. The minimum absolute atomic E-state index is 0.289. The van der Waals surface area contributed by atoms with Crippen LogP contribution in [0.25, 0.3) is 6.08 Å². The Morgan fingerprint density at radius 3 is 2.78 bits per heavy atom. The Kier molecular flexibility index (Phi) is 4.24. The molecule has 0 atom stereocenters. The molecule has 1 aliphatic heterocycles. The van der Waals surface area contributed by atoms with Gasteiger partial charge in [-0.1, -0.05) is 30.3 Å². The maximum Gasteiger partial charge on any atom is 0.363 e. The average molecular weight is 307 g/mol. The van der Waals surface area contributed by atoms with Gasteiger partial charge in [0, 0.05) is 5.56 Å². The van der Waals surface area contributed by atoms with Gasteiger partial charge < -0.3 is 9.47 Å². The minimum atomic E-state index is -0.440. The Morgan fingerprint density at radius 2 is 2.00 bits per heavy atom. The van der Waals surface area contributed by atoms with Crippen LogP contribution in [0.5, 0.6) is 5.75 Å². The molecule has 3 rings (SSSR count). The van der Waals surface area contributed by atoms with Crippen molar-refractivity contribution < 1.29 is 14.3 Å². The number of rotatable bonds is 4. The van der Waals surface area contributed by atoms with Crippen molar-refractivity contribution in [3.63, 3.8) is 0 Å². The molecule has 0 saturated carbocycles. The number of cyclic esters (lactones) is 1. The number of nitrogens with zero attached hydrogens (tertiary/aromatic N) is 1. The third-order valence-electron chi connectivity index (χ3n) is 3.47. The van der Waals surface area contributed by atoms with Crippen LogP contribution in [0.4, 0.5) is 0 Å². The van der Waals surface area contributed by atoms with E-state index in [4.69, 9.17) is 9.47 Å². The van der Waals surface area contributed by atoms with Crippen molar-refractivity contribution in [3.05, 3.63) is 70.9 Å². The summed E-state index contributed by atoms with van der Waals surface area (Å²) < 4.78 is 10.8. The van der Waals surface area contributed by atoms with Gasteiger partial charge in [0.1, 0.15) is 5.75 Å². The Balaban J connectivity index is 1.92. The van der Waals surface area contributed by atoms with Gasteiger partial charge in [0.05, 0.1) is 6.61 Å². The van der Waals surface area contributed by atoms with Gasteiger partial charge in [0.15, 0.2) is 5.70 Å². The molecule has 2 aromatic carbocycles. The summed E-state index contributed by atoms with van der Waals surface area (Å²) in [6.07, 6.45) is 1.70. The molecule has 116 valence electrons. The third-order valence-corrected chi connectivity index (χ3v) is 3.47. The highest BCUT2D eigenvalue weighted by atomic mass is 16.6. The summed E-state index contributed by atoms with van der Waals surface area (Å²) in [6.45, 7) is 4.48. The number of carbonyl (C=O) groups is 1. The van der Waals surface area contributed by atoms with Crippen molar-refractivity contribution in [3.8, 4) is 5.75 Å². The standard InChI is InChI=1S/C19H17NO3/c1-3-22-15-9-6-8-14(11-15)12-17-19(21)23-18(20-17)16-10-5-4-7-13(16)2/h4-12H,3H2,1-2H3/b17-12-. The van der Waals surface area contributed by atoms with Gasteiger partial charge >= 0.3 is 5.97 Å². The Bertz CT molecular complexity index is 806. The van der Waals surface area contributed by atoms with E-state index in [2.05, 4.69) is 4.99 Å². The summed E-state index contributed by atoms with van der Waals surface area (Å²) in [5, 5.41) is 0.